The summed E-state index contributed by atoms with van der Waals surface area (Å²) < 4.78 is 8.17. The molecule has 0 spiro atoms. The van der Waals surface area contributed by atoms with E-state index in [1.807, 2.05) is 0 Å². The van der Waals surface area contributed by atoms with Gasteiger partial charge in [0.1, 0.15) is 11.4 Å². The van der Waals surface area contributed by atoms with Crippen molar-refractivity contribution in [3.8, 4) is 5.69 Å². The summed E-state index contributed by atoms with van der Waals surface area (Å²) >= 11 is 7.48. The molecule has 0 radical (unpaired) electrons. The van der Waals surface area contributed by atoms with Gasteiger partial charge in [0.15, 0.2) is 0 Å². The molecule has 2 aliphatic rings. The van der Waals surface area contributed by atoms with E-state index in [0.29, 0.717) is 34.1 Å². The van der Waals surface area contributed by atoms with E-state index in [-0.39, 0.29) is 24.1 Å². The lowest BCUT2D eigenvalue weighted by atomic mass is 9.97. The maximum atomic E-state index is 13.5. The molecule has 0 bridgehead atoms. The standard InChI is InChI=1S/C23H24ClN3O4S/c24-14-7-9-15(10-8-14)27-21(29)20-17-5-1-2-6-18(17)32-22(20)26(23(27)30)13-19(28)25-12-16-4-3-11-31-16/h7-10,16H,1-6,11-13H2,(H,25,28)/t16-/m1/s1. The Bertz CT molecular complexity index is 1290. The molecule has 1 N–H and O–H groups in total. The largest absolute Gasteiger partial charge is 0.376 e. The summed E-state index contributed by atoms with van der Waals surface area (Å²) in [5.74, 6) is -0.267. The highest BCUT2D eigenvalue weighted by Crippen LogP contribution is 2.34. The number of fused-ring (bicyclic) bond motifs is 3. The van der Waals surface area contributed by atoms with Gasteiger partial charge < -0.3 is 10.1 Å². The molecule has 0 saturated carbocycles. The molecule has 1 fully saturated rings. The van der Waals surface area contributed by atoms with Crippen molar-refractivity contribution in [2.75, 3.05) is 13.2 Å². The van der Waals surface area contributed by atoms with E-state index in [0.717, 1.165) is 53.5 Å². The Kier molecular flexibility index (Phi) is 5.92. The highest BCUT2D eigenvalue weighted by Gasteiger charge is 2.25. The van der Waals surface area contributed by atoms with Crippen LogP contribution in [0.15, 0.2) is 33.9 Å². The molecule has 1 saturated heterocycles. The monoisotopic (exact) mass is 473 g/mol. The number of aryl methyl sites for hydroxylation is 2. The first kappa shape index (κ1) is 21.4. The van der Waals surface area contributed by atoms with E-state index in [2.05, 4.69) is 5.32 Å². The van der Waals surface area contributed by atoms with Crippen LogP contribution in [0.1, 0.15) is 36.1 Å². The lowest BCUT2D eigenvalue weighted by molar-refractivity contribution is -0.122. The Labute approximate surface area is 193 Å². The molecule has 2 aromatic heterocycles. The zero-order chi connectivity index (χ0) is 22.2. The Balaban J connectivity index is 1.61. The molecule has 3 aromatic rings. The van der Waals surface area contributed by atoms with Crippen LogP contribution in [0.4, 0.5) is 0 Å². The van der Waals surface area contributed by atoms with E-state index in [4.69, 9.17) is 16.3 Å². The third-order valence-electron chi connectivity index (χ3n) is 6.17. The third kappa shape index (κ3) is 3.91. The number of benzene rings is 1. The van der Waals surface area contributed by atoms with Crippen molar-refractivity contribution in [3.05, 3.63) is 60.6 Å². The first-order chi connectivity index (χ1) is 15.5. The summed E-state index contributed by atoms with van der Waals surface area (Å²) in [4.78, 5) is 41.5. The van der Waals surface area contributed by atoms with E-state index in [1.54, 1.807) is 24.3 Å². The quantitative estimate of drug-likeness (QED) is 0.617. The van der Waals surface area contributed by atoms with Gasteiger partial charge in [-0.15, -0.1) is 11.3 Å². The van der Waals surface area contributed by atoms with Gasteiger partial charge in [-0.2, -0.15) is 0 Å². The molecular formula is C23H24ClN3O4S. The van der Waals surface area contributed by atoms with Gasteiger partial charge in [0.25, 0.3) is 5.56 Å². The number of carbonyl (C=O) groups is 1. The summed E-state index contributed by atoms with van der Waals surface area (Å²) in [6.07, 6.45) is 5.73. The fourth-order valence-corrected chi connectivity index (χ4v) is 6.06. The molecule has 5 rings (SSSR count). The van der Waals surface area contributed by atoms with Gasteiger partial charge in [0, 0.05) is 23.1 Å². The number of hydrogen-bond donors (Lipinski definition) is 1. The van der Waals surface area contributed by atoms with Crippen molar-refractivity contribution in [2.24, 2.45) is 0 Å². The molecule has 1 amide bonds. The van der Waals surface area contributed by atoms with Gasteiger partial charge in [0.05, 0.1) is 17.2 Å². The number of carbonyl (C=O) groups excluding carboxylic acids is 1. The lowest BCUT2D eigenvalue weighted by Crippen LogP contribution is -2.42. The second-order valence-corrected chi connectivity index (χ2v) is 9.84. The average molecular weight is 474 g/mol. The topological polar surface area (TPSA) is 82.3 Å². The van der Waals surface area contributed by atoms with Gasteiger partial charge in [-0.3, -0.25) is 14.2 Å². The number of hydrogen-bond acceptors (Lipinski definition) is 5. The number of thiophene rings is 1. The minimum absolute atomic E-state index is 0.0211. The highest BCUT2D eigenvalue weighted by molar-refractivity contribution is 7.18. The van der Waals surface area contributed by atoms with Crippen molar-refractivity contribution >= 4 is 39.1 Å². The SMILES string of the molecule is O=C(Cn1c(=O)n(-c2ccc(Cl)cc2)c(=O)c2c3c(sc21)CCCC3)NC[C@H]1CCCO1. The highest BCUT2D eigenvalue weighted by atomic mass is 35.5. The van der Waals surface area contributed by atoms with Crippen molar-refractivity contribution in [2.45, 2.75) is 51.2 Å². The van der Waals surface area contributed by atoms with Crippen LogP contribution < -0.4 is 16.6 Å². The Morgan fingerprint density at radius 3 is 2.69 bits per heavy atom. The number of aromatic nitrogens is 2. The molecule has 9 heteroatoms. The average Bonchev–Trinajstić information content (AvgIpc) is 3.44. The van der Waals surface area contributed by atoms with Crippen LogP contribution in [-0.4, -0.2) is 34.3 Å². The fraction of sp³-hybridized carbons (Fsp3) is 0.435. The molecule has 1 atom stereocenters. The third-order valence-corrected chi connectivity index (χ3v) is 7.74. The zero-order valence-electron chi connectivity index (χ0n) is 17.6. The van der Waals surface area contributed by atoms with Gasteiger partial charge in [-0.25, -0.2) is 9.36 Å². The van der Waals surface area contributed by atoms with E-state index in [1.165, 1.54) is 15.9 Å². The van der Waals surface area contributed by atoms with Crippen LogP contribution in [0.25, 0.3) is 15.9 Å². The lowest BCUT2D eigenvalue weighted by Gasteiger charge is -2.14. The van der Waals surface area contributed by atoms with Crippen LogP contribution in [0, 0.1) is 0 Å². The molecule has 1 aromatic carbocycles. The maximum Gasteiger partial charge on any atom is 0.337 e. The van der Waals surface area contributed by atoms with Gasteiger partial charge >= 0.3 is 5.69 Å². The smallest absolute Gasteiger partial charge is 0.337 e. The van der Waals surface area contributed by atoms with Crippen molar-refractivity contribution in [1.82, 2.24) is 14.5 Å². The minimum atomic E-state index is -0.518. The predicted octanol–water partition coefficient (Wildman–Crippen LogP) is 3.04. The van der Waals surface area contributed by atoms with Gasteiger partial charge in [0.2, 0.25) is 5.91 Å². The predicted molar refractivity (Wildman–Crippen MR) is 125 cm³/mol. The van der Waals surface area contributed by atoms with E-state index < -0.39 is 5.69 Å². The molecule has 3 heterocycles. The second kappa shape index (κ2) is 8.84. The minimum Gasteiger partial charge on any atom is -0.376 e. The maximum absolute atomic E-state index is 13.5. The Hall–Kier alpha value is -2.42. The van der Waals surface area contributed by atoms with Crippen LogP contribution in [-0.2, 0) is 28.9 Å². The van der Waals surface area contributed by atoms with E-state index >= 15 is 0 Å². The van der Waals surface area contributed by atoms with Crippen LogP contribution >= 0.6 is 22.9 Å². The van der Waals surface area contributed by atoms with Crippen LogP contribution in [0.3, 0.4) is 0 Å². The first-order valence-corrected chi connectivity index (χ1v) is 12.2. The molecule has 168 valence electrons. The fourth-order valence-electron chi connectivity index (χ4n) is 4.56. The number of ether oxygens (including phenoxy) is 1. The molecule has 1 aliphatic heterocycles. The van der Waals surface area contributed by atoms with Gasteiger partial charge in [-0.05, 0) is 68.4 Å². The summed E-state index contributed by atoms with van der Waals surface area (Å²) in [5, 5.41) is 3.96. The van der Waals surface area contributed by atoms with Crippen molar-refractivity contribution in [3.63, 3.8) is 0 Å². The molecule has 32 heavy (non-hydrogen) atoms. The normalized spacial score (nSPS) is 18.1. The number of rotatable bonds is 5. The molecular weight excluding hydrogens is 450 g/mol. The summed E-state index contributed by atoms with van der Waals surface area (Å²) in [5.41, 5.74) is 0.617. The van der Waals surface area contributed by atoms with Crippen molar-refractivity contribution in [1.29, 1.82) is 0 Å². The Morgan fingerprint density at radius 2 is 1.94 bits per heavy atom. The first-order valence-electron chi connectivity index (χ1n) is 11.0. The van der Waals surface area contributed by atoms with E-state index in [9.17, 15) is 14.4 Å². The summed E-state index contributed by atoms with van der Waals surface area (Å²) in [7, 11) is 0. The second-order valence-electron chi connectivity index (χ2n) is 8.32. The number of amides is 1. The summed E-state index contributed by atoms with van der Waals surface area (Å²) in [6.45, 7) is 0.997. The van der Waals surface area contributed by atoms with Gasteiger partial charge in [-0.1, -0.05) is 11.6 Å². The molecule has 7 nitrogen and oxygen atoms in total. The zero-order valence-corrected chi connectivity index (χ0v) is 19.1. The van der Waals surface area contributed by atoms with Crippen molar-refractivity contribution < 1.29 is 9.53 Å². The van der Waals surface area contributed by atoms with Crippen LogP contribution in [0.5, 0.6) is 0 Å². The molecule has 0 unspecified atom stereocenters. The number of halogens is 1. The number of nitrogens with one attached hydrogen (secondary N) is 1. The number of nitrogens with zero attached hydrogens (tertiary/aromatic N) is 2. The Morgan fingerprint density at radius 1 is 1.16 bits per heavy atom. The molecule has 1 aliphatic carbocycles. The summed E-state index contributed by atoms with van der Waals surface area (Å²) in [6, 6.07) is 6.60. The van der Waals surface area contributed by atoms with Crippen LogP contribution in [0.2, 0.25) is 5.02 Å².